The molecule has 90 valence electrons. The molecule has 0 aliphatic carbocycles. The van der Waals surface area contributed by atoms with E-state index in [9.17, 15) is 5.21 Å². The van der Waals surface area contributed by atoms with Crippen LogP contribution in [0.15, 0.2) is 36.5 Å². The lowest BCUT2D eigenvalue weighted by atomic mass is 10.1. The number of pyridine rings is 1. The van der Waals surface area contributed by atoms with Crippen LogP contribution < -0.4 is 10.8 Å². The van der Waals surface area contributed by atoms with Crippen molar-refractivity contribution in [3.8, 4) is 6.07 Å². The second-order valence-corrected chi connectivity index (χ2v) is 3.86. The Morgan fingerprint density at radius 2 is 2.06 bits per heavy atom. The van der Waals surface area contributed by atoms with Crippen LogP contribution in [-0.2, 0) is 0 Å². The Bertz CT molecular complexity index is 604. The second-order valence-electron chi connectivity index (χ2n) is 3.86. The maximum Gasteiger partial charge on any atom is 0.132 e. The number of hydrogen-bond acceptors (Lipinski definition) is 5. The number of nitrogens with one attached hydrogen (secondary N) is 2. The zero-order chi connectivity index (χ0) is 13.0. The van der Waals surface area contributed by atoms with E-state index in [1.165, 1.54) is 6.20 Å². The highest BCUT2D eigenvalue weighted by atomic mass is 16.5. The molecule has 0 amide bonds. The predicted molar refractivity (Wildman–Crippen MR) is 70.4 cm³/mol. The van der Waals surface area contributed by atoms with Gasteiger partial charge in [-0.1, -0.05) is 0 Å². The summed E-state index contributed by atoms with van der Waals surface area (Å²) in [5, 5.41) is 22.5. The van der Waals surface area contributed by atoms with Gasteiger partial charge in [-0.2, -0.15) is 5.26 Å². The summed E-state index contributed by atoms with van der Waals surface area (Å²) in [6, 6.07) is 10.7. The minimum Gasteiger partial charge on any atom is -0.761 e. The van der Waals surface area contributed by atoms with Crippen LogP contribution >= 0.6 is 0 Å². The van der Waals surface area contributed by atoms with Gasteiger partial charge in [0, 0.05) is 23.6 Å². The summed E-state index contributed by atoms with van der Waals surface area (Å²) < 4.78 is 0. The first kappa shape index (κ1) is 11.9. The first-order chi connectivity index (χ1) is 8.71. The summed E-state index contributed by atoms with van der Waals surface area (Å²) in [6.07, 6.45) is 1.53. The molecule has 2 N–H and O–H groups in total. The Hall–Kier alpha value is -2.58. The summed E-state index contributed by atoms with van der Waals surface area (Å²) in [4.78, 5) is 4.09. The lowest BCUT2D eigenvalue weighted by Crippen LogP contribution is -1.96. The molecule has 5 heteroatoms. The van der Waals surface area contributed by atoms with Gasteiger partial charge >= 0.3 is 0 Å². The third-order valence-electron chi connectivity index (χ3n) is 2.36. The summed E-state index contributed by atoms with van der Waals surface area (Å²) in [7, 11) is 0. The van der Waals surface area contributed by atoms with Crippen molar-refractivity contribution in [3.05, 3.63) is 52.9 Å². The highest BCUT2D eigenvalue weighted by Gasteiger charge is 2.00. The van der Waals surface area contributed by atoms with Crippen molar-refractivity contribution in [2.75, 3.05) is 10.8 Å². The third kappa shape index (κ3) is 2.75. The van der Waals surface area contributed by atoms with E-state index in [1.807, 2.05) is 13.0 Å². The Labute approximate surface area is 105 Å². The Balaban J connectivity index is 2.28. The van der Waals surface area contributed by atoms with Gasteiger partial charge in [0.25, 0.3) is 0 Å². The van der Waals surface area contributed by atoms with E-state index in [-0.39, 0.29) is 0 Å². The van der Waals surface area contributed by atoms with Crippen LogP contribution in [0.25, 0.3) is 0 Å². The minimum atomic E-state index is 0.431. The number of nitriles is 1. The van der Waals surface area contributed by atoms with Gasteiger partial charge < -0.3 is 16.0 Å². The molecule has 0 aliphatic heterocycles. The van der Waals surface area contributed by atoms with E-state index in [0.29, 0.717) is 17.1 Å². The molecule has 0 saturated carbocycles. The zero-order valence-electron chi connectivity index (χ0n) is 9.77. The molecule has 1 heterocycles. The molecule has 5 nitrogen and oxygen atoms in total. The number of anilines is 3. The molecule has 1 aromatic heterocycles. The van der Waals surface area contributed by atoms with E-state index in [0.717, 1.165) is 11.3 Å². The van der Waals surface area contributed by atoms with Gasteiger partial charge in [-0.05, 0) is 36.8 Å². The van der Waals surface area contributed by atoms with Crippen LogP contribution in [0.4, 0.5) is 17.2 Å². The fraction of sp³-hybridized carbons (Fsp3) is 0.0769. The van der Waals surface area contributed by atoms with Gasteiger partial charge in [0.1, 0.15) is 5.82 Å². The largest absolute Gasteiger partial charge is 0.761 e. The van der Waals surface area contributed by atoms with E-state index >= 15 is 0 Å². The Kier molecular flexibility index (Phi) is 3.41. The quantitative estimate of drug-likeness (QED) is 0.804. The number of benzene rings is 1. The molecule has 1 aromatic carbocycles. The van der Waals surface area contributed by atoms with Crippen molar-refractivity contribution in [3.63, 3.8) is 0 Å². The fourth-order valence-corrected chi connectivity index (χ4v) is 1.63. The summed E-state index contributed by atoms with van der Waals surface area (Å²) in [6.45, 7) is 1.91. The summed E-state index contributed by atoms with van der Waals surface area (Å²) in [5.41, 5.74) is 4.56. The molecule has 0 fully saturated rings. The molecule has 0 unspecified atom stereocenters. The number of aromatic nitrogens is 1. The van der Waals surface area contributed by atoms with Gasteiger partial charge in [0.05, 0.1) is 11.6 Å². The van der Waals surface area contributed by atoms with Crippen LogP contribution in [0.3, 0.4) is 0 Å². The van der Waals surface area contributed by atoms with E-state index in [1.54, 1.807) is 29.7 Å². The Morgan fingerprint density at radius 3 is 2.78 bits per heavy atom. The molecule has 0 spiro atoms. The molecule has 0 atom stereocenters. The first-order valence-corrected chi connectivity index (χ1v) is 5.34. The first-order valence-electron chi connectivity index (χ1n) is 5.34. The SMILES string of the molecule is Cc1cc(C#N)cc(Nc2cc(N[O-])ccn2)c1. The number of rotatable bonds is 3. The Morgan fingerprint density at radius 1 is 1.22 bits per heavy atom. The molecule has 0 bridgehead atoms. The van der Waals surface area contributed by atoms with Gasteiger partial charge in [-0.15, -0.1) is 0 Å². The minimum absolute atomic E-state index is 0.431. The number of aryl methyl sites for hydroxylation is 1. The van der Waals surface area contributed by atoms with Crippen LogP contribution in [0.2, 0.25) is 0 Å². The van der Waals surface area contributed by atoms with Gasteiger partial charge in [0.15, 0.2) is 0 Å². The van der Waals surface area contributed by atoms with Crippen molar-refractivity contribution in [1.82, 2.24) is 4.98 Å². The highest BCUT2D eigenvalue weighted by molar-refractivity contribution is 5.63. The summed E-state index contributed by atoms with van der Waals surface area (Å²) in [5.74, 6) is 0.547. The van der Waals surface area contributed by atoms with E-state index < -0.39 is 0 Å². The van der Waals surface area contributed by atoms with Crippen LogP contribution in [-0.4, -0.2) is 4.98 Å². The average molecular weight is 239 g/mol. The highest BCUT2D eigenvalue weighted by Crippen LogP contribution is 2.20. The monoisotopic (exact) mass is 239 g/mol. The van der Waals surface area contributed by atoms with Crippen LogP contribution in [0.5, 0.6) is 0 Å². The fourth-order valence-electron chi connectivity index (χ4n) is 1.63. The molecule has 2 rings (SSSR count). The maximum absolute atomic E-state index is 10.5. The third-order valence-corrected chi connectivity index (χ3v) is 2.36. The predicted octanol–water partition coefficient (Wildman–Crippen LogP) is 2.92. The van der Waals surface area contributed by atoms with Gasteiger partial charge in [-0.3, -0.25) is 0 Å². The topological polar surface area (TPSA) is 83.8 Å². The van der Waals surface area contributed by atoms with Crippen molar-refractivity contribution < 1.29 is 0 Å². The molecule has 2 aromatic rings. The molecule has 0 saturated heterocycles. The smallest absolute Gasteiger partial charge is 0.132 e. The van der Waals surface area contributed by atoms with Crippen LogP contribution in [0, 0.1) is 23.5 Å². The van der Waals surface area contributed by atoms with Crippen molar-refractivity contribution in [2.45, 2.75) is 6.92 Å². The maximum atomic E-state index is 10.5. The molecule has 18 heavy (non-hydrogen) atoms. The second kappa shape index (κ2) is 5.17. The van der Waals surface area contributed by atoms with E-state index in [2.05, 4.69) is 16.4 Å². The normalized spacial score (nSPS) is 9.61. The van der Waals surface area contributed by atoms with Crippen molar-refractivity contribution >= 4 is 17.2 Å². The van der Waals surface area contributed by atoms with Crippen LogP contribution in [0.1, 0.15) is 11.1 Å². The van der Waals surface area contributed by atoms with Crippen molar-refractivity contribution in [2.24, 2.45) is 0 Å². The summed E-state index contributed by atoms with van der Waals surface area (Å²) >= 11 is 0. The molecular formula is C13H11N4O-. The lowest BCUT2D eigenvalue weighted by Gasteiger charge is -2.11. The number of nitrogens with zero attached hydrogens (tertiary/aromatic N) is 2. The standard InChI is InChI=1S/C13H11N4O/c1-9-4-10(8-14)6-12(5-9)16-13-7-11(17-18)2-3-15-13/h2-7H,1H3,(H2-,15,16,17,18)/q-1. The molecule has 0 radical (unpaired) electrons. The lowest BCUT2D eigenvalue weighted by molar-refractivity contribution is 1.30. The molecular weight excluding hydrogens is 228 g/mol. The van der Waals surface area contributed by atoms with Gasteiger partial charge in [0.2, 0.25) is 0 Å². The van der Waals surface area contributed by atoms with Gasteiger partial charge in [-0.25, -0.2) is 4.98 Å². The van der Waals surface area contributed by atoms with Crippen molar-refractivity contribution in [1.29, 1.82) is 5.26 Å². The molecule has 0 aliphatic rings. The zero-order valence-corrected chi connectivity index (χ0v) is 9.77. The number of hydrogen-bond donors (Lipinski definition) is 2. The average Bonchev–Trinajstić information content (AvgIpc) is 2.38. The van der Waals surface area contributed by atoms with E-state index in [4.69, 9.17) is 5.26 Å².